The van der Waals surface area contributed by atoms with E-state index in [-0.39, 0.29) is 23.7 Å². The summed E-state index contributed by atoms with van der Waals surface area (Å²) in [7, 11) is 0. The molecule has 1 N–H and O–H groups in total. The molecule has 1 amide bonds. The third kappa shape index (κ3) is 4.14. The van der Waals surface area contributed by atoms with Crippen molar-refractivity contribution in [3.63, 3.8) is 0 Å². The van der Waals surface area contributed by atoms with Crippen molar-refractivity contribution in [1.82, 2.24) is 0 Å². The molecule has 0 aliphatic carbocycles. The van der Waals surface area contributed by atoms with Gasteiger partial charge in [0.1, 0.15) is 5.60 Å². The molecule has 2 atom stereocenters. The van der Waals surface area contributed by atoms with Gasteiger partial charge in [0, 0.05) is 10.9 Å². The van der Waals surface area contributed by atoms with Crippen LogP contribution in [0.5, 0.6) is 0 Å². The van der Waals surface area contributed by atoms with E-state index in [2.05, 4.69) is 5.32 Å². The minimum Gasteiger partial charge on any atom is -0.459 e. The van der Waals surface area contributed by atoms with E-state index in [0.29, 0.717) is 28.6 Å². The molecule has 1 heterocycles. The van der Waals surface area contributed by atoms with Crippen LogP contribution in [0.4, 0.5) is 5.69 Å². The number of rotatable bonds is 4. The number of halogens is 2. The molecule has 6 heteroatoms. The van der Waals surface area contributed by atoms with Gasteiger partial charge in [-0.25, -0.2) is 0 Å². The Morgan fingerprint density at radius 1 is 1.45 bits per heavy atom. The van der Waals surface area contributed by atoms with Crippen LogP contribution in [0.15, 0.2) is 18.2 Å². The monoisotopic (exact) mass is 343 g/mol. The molecule has 1 fully saturated rings. The second-order valence-corrected chi connectivity index (χ2v) is 7.18. The molecule has 1 aliphatic heterocycles. The summed E-state index contributed by atoms with van der Waals surface area (Å²) < 4.78 is 5.29. The van der Waals surface area contributed by atoms with E-state index >= 15 is 0 Å². The molecular formula is C16H19Cl2NO3. The number of amides is 1. The van der Waals surface area contributed by atoms with Gasteiger partial charge in [0.05, 0.1) is 16.6 Å². The summed E-state index contributed by atoms with van der Waals surface area (Å²) in [5.74, 6) is -1.00. The number of cyclic esters (lactones) is 1. The third-order valence-electron chi connectivity index (χ3n) is 3.72. The van der Waals surface area contributed by atoms with Crippen molar-refractivity contribution in [2.24, 2.45) is 11.8 Å². The van der Waals surface area contributed by atoms with Gasteiger partial charge < -0.3 is 10.1 Å². The first-order valence-electron chi connectivity index (χ1n) is 7.17. The molecule has 0 radical (unpaired) electrons. The van der Waals surface area contributed by atoms with Gasteiger partial charge in [-0.2, -0.15) is 0 Å². The summed E-state index contributed by atoms with van der Waals surface area (Å²) >= 11 is 11.9. The van der Waals surface area contributed by atoms with E-state index in [1.165, 1.54) is 0 Å². The molecule has 0 spiro atoms. The van der Waals surface area contributed by atoms with Gasteiger partial charge in [-0.3, -0.25) is 9.59 Å². The maximum absolute atomic E-state index is 12.3. The first-order valence-corrected chi connectivity index (χ1v) is 7.92. The SMILES string of the molecule is C[C@@H](C[C@@H]1CC(C)(C)OC1=O)C(=O)Nc1cc(Cl)ccc1Cl. The molecule has 1 aromatic carbocycles. The fraction of sp³-hybridized carbons (Fsp3) is 0.500. The topological polar surface area (TPSA) is 55.4 Å². The summed E-state index contributed by atoms with van der Waals surface area (Å²) in [4.78, 5) is 24.1. The smallest absolute Gasteiger partial charge is 0.309 e. The van der Waals surface area contributed by atoms with Crippen LogP contribution in [0.1, 0.15) is 33.6 Å². The Hall–Kier alpha value is -1.26. The molecule has 4 nitrogen and oxygen atoms in total. The van der Waals surface area contributed by atoms with Gasteiger partial charge in [0.2, 0.25) is 5.91 Å². The van der Waals surface area contributed by atoms with E-state index in [1.807, 2.05) is 13.8 Å². The van der Waals surface area contributed by atoms with Crippen molar-refractivity contribution in [2.75, 3.05) is 5.32 Å². The van der Waals surface area contributed by atoms with Crippen molar-refractivity contribution >= 4 is 40.8 Å². The van der Waals surface area contributed by atoms with Gasteiger partial charge in [-0.1, -0.05) is 30.1 Å². The number of esters is 1. The van der Waals surface area contributed by atoms with E-state index < -0.39 is 5.60 Å². The Morgan fingerprint density at radius 3 is 2.73 bits per heavy atom. The normalized spacial score (nSPS) is 21.3. The number of anilines is 1. The second kappa shape index (κ2) is 6.47. The van der Waals surface area contributed by atoms with Gasteiger partial charge in [0.15, 0.2) is 0 Å². The highest BCUT2D eigenvalue weighted by Gasteiger charge is 2.41. The number of ether oxygens (including phenoxy) is 1. The average Bonchev–Trinajstić information content (AvgIpc) is 2.66. The third-order valence-corrected chi connectivity index (χ3v) is 4.28. The molecule has 1 aliphatic rings. The molecule has 0 bridgehead atoms. The Kier molecular flexibility index (Phi) is 5.03. The minimum absolute atomic E-state index is 0.193. The van der Waals surface area contributed by atoms with Crippen LogP contribution in [-0.4, -0.2) is 17.5 Å². The van der Waals surface area contributed by atoms with E-state index in [4.69, 9.17) is 27.9 Å². The van der Waals surface area contributed by atoms with Crippen LogP contribution in [0.3, 0.4) is 0 Å². The highest BCUT2D eigenvalue weighted by atomic mass is 35.5. The summed E-state index contributed by atoms with van der Waals surface area (Å²) in [5.41, 5.74) is 0.0224. The lowest BCUT2D eigenvalue weighted by molar-refractivity contribution is -0.148. The van der Waals surface area contributed by atoms with Crippen molar-refractivity contribution < 1.29 is 14.3 Å². The Morgan fingerprint density at radius 2 is 2.14 bits per heavy atom. The molecule has 120 valence electrons. The summed E-state index contributed by atoms with van der Waals surface area (Å²) in [6.45, 7) is 5.54. The van der Waals surface area contributed by atoms with Crippen molar-refractivity contribution in [2.45, 2.75) is 39.2 Å². The zero-order valence-electron chi connectivity index (χ0n) is 12.8. The highest BCUT2D eigenvalue weighted by molar-refractivity contribution is 6.35. The van der Waals surface area contributed by atoms with E-state index in [0.717, 1.165) is 0 Å². The Bertz CT molecular complexity index is 601. The Balaban J connectivity index is 1.98. The molecule has 22 heavy (non-hydrogen) atoms. The number of carbonyl (C=O) groups excluding carboxylic acids is 2. The number of carbonyl (C=O) groups is 2. The van der Waals surface area contributed by atoms with Crippen molar-refractivity contribution in [3.05, 3.63) is 28.2 Å². The second-order valence-electron chi connectivity index (χ2n) is 6.33. The van der Waals surface area contributed by atoms with Crippen LogP contribution < -0.4 is 5.32 Å². The van der Waals surface area contributed by atoms with Gasteiger partial charge in [-0.15, -0.1) is 0 Å². The van der Waals surface area contributed by atoms with E-state index in [9.17, 15) is 9.59 Å². The van der Waals surface area contributed by atoms with Gasteiger partial charge in [0.25, 0.3) is 0 Å². The van der Waals surface area contributed by atoms with Crippen molar-refractivity contribution in [3.8, 4) is 0 Å². The van der Waals surface area contributed by atoms with Crippen LogP contribution in [0, 0.1) is 11.8 Å². The number of hydrogen-bond donors (Lipinski definition) is 1. The zero-order chi connectivity index (χ0) is 16.5. The summed E-state index contributed by atoms with van der Waals surface area (Å²) in [6, 6.07) is 4.88. The van der Waals surface area contributed by atoms with Crippen LogP contribution >= 0.6 is 23.2 Å². The summed E-state index contributed by atoms with van der Waals surface area (Å²) in [5, 5.41) is 3.67. The first-order chi connectivity index (χ1) is 10.2. The lowest BCUT2D eigenvalue weighted by atomic mass is 9.89. The van der Waals surface area contributed by atoms with Gasteiger partial charge in [-0.05, 0) is 44.9 Å². The predicted octanol–water partition coefficient (Wildman–Crippen LogP) is 4.30. The molecule has 1 saturated heterocycles. The molecule has 0 unspecified atom stereocenters. The molecule has 0 aromatic heterocycles. The van der Waals surface area contributed by atoms with Crippen molar-refractivity contribution in [1.29, 1.82) is 0 Å². The lowest BCUT2D eigenvalue weighted by Crippen LogP contribution is -2.24. The minimum atomic E-state index is -0.450. The average molecular weight is 344 g/mol. The molecule has 2 rings (SSSR count). The fourth-order valence-corrected chi connectivity index (χ4v) is 2.97. The van der Waals surface area contributed by atoms with Gasteiger partial charge >= 0.3 is 5.97 Å². The standard InChI is InChI=1S/C16H19Cl2NO3/c1-9(6-10-8-16(2,3)22-15(10)21)14(20)19-13-7-11(17)4-5-12(13)18/h4-5,7,9-10H,6,8H2,1-3H3,(H,19,20)/t9-,10+/m0/s1. The maximum Gasteiger partial charge on any atom is 0.309 e. The number of nitrogens with one attached hydrogen (secondary N) is 1. The van der Waals surface area contributed by atoms with Crippen LogP contribution in [0.25, 0.3) is 0 Å². The highest BCUT2D eigenvalue weighted by Crippen LogP contribution is 2.34. The molecular weight excluding hydrogens is 325 g/mol. The van der Waals surface area contributed by atoms with Crippen LogP contribution in [0.2, 0.25) is 10.0 Å². The fourth-order valence-electron chi connectivity index (χ4n) is 2.64. The number of benzene rings is 1. The van der Waals surface area contributed by atoms with Crippen LogP contribution in [-0.2, 0) is 14.3 Å². The number of hydrogen-bond acceptors (Lipinski definition) is 3. The predicted molar refractivity (Wildman–Crippen MR) is 87.2 cm³/mol. The molecule has 0 saturated carbocycles. The maximum atomic E-state index is 12.3. The lowest BCUT2D eigenvalue weighted by Gasteiger charge is -2.16. The molecule has 1 aromatic rings. The summed E-state index contributed by atoms with van der Waals surface area (Å²) in [6.07, 6.45) is 1.08. The largest absolute Gasteiger partial charge is 0.459 e. The van der Waals surface area contributed by atoms with E-state index in [1.54, 1.807) is 25.1 Å². The zero-order valence-corrected chi connectivity index (χ0v) is 14.3. The first kappa shape index (κ1) is 17.1. The quantitative estimate of drug-likeness (QED) is 0.829. The Labute approximate surface area is 140 Å².